The number of amides is 1. The lowest BCUT2D eigenvalue weighted by atomic mass is 9.99. The van der Waals surface area contributed by atoms with Crippen molar-refractivity contribution in [2.75, 3.05) is 20.3 Å². The van der Waals surface area contributed by atoms with Crippen LogP contribution < -0.4 is 14.2 Å². The van der Waals surface area contributed by atoms with Crippen LogP contribution in [0.3, 0.4) is 0 Å². The van der Waals surface area contributed by atoms with Crippen molar-refractivity contribution in [2.45, 2.75) is 31.6 Å². The third-order valence-corrected chi connectivity index (χ3v) is 4.94. The van der Waals surface area contributed by atoms with Crippen molar-refractivity contribution in [2.24, 2.45) is 0 Å². The van der Waals surface area contributed by atoms with Crippen LogP contribution in [-0.2, 0) is 0 Å². The van der Waals surface area contributed by atoms with Gasteiger partial charge in [0, 0.05) is 6.20 Å². The van der Waals surface area contributed by atoms with E-state index < -0.39 is 24.7 Å². The van der Waals surface area contributed by atoms with Gasteiger partial charge in [-0.15, -0.1) is 0 Å². The maximum Gasteiger partial charge on any atom is 0.387 e. The maximum absolute atomic E-state index is 13.1. The van der Waals surface area contributed by atoms with Crippen molar-refractivity contribution in [1.29, 1.82) is 5.26 Å². The number of methoxy groups -OCH3 is 1. The minimum atomic E-state index is -3.08. The number of alkyl halides is 2. The Morgan fingerprint density at radius 1 is 1.35 bits per heavy atom. The average Bonchev–Trinajstić information content (AvgIpc) is 2.78. The Morgan fingerprint density at radius 2 is 2.13 bits per heavy atom. The van der Waals surface area contributed by atoms with E-state index >= 15 is 0 Å². The van der Waals surface area contributed by atoms with Crippen LogP contribution >= 0.6 is 0 Å². The predicted molar refractivity (Wildman–Crippen MR) is 104 cm³/mol. The lowest BCUT2D eigenvalue weighted by molar-refractivity contribution is -0.0505. The number of carbonyl (C=O) groups is 1. The molecule has 0 bridgehead atoms. The summed E-state index contributed by atoms with van der Waals surface area (Å²) in [5.74, 6) is -0.507. The zero-order valence-corrected chi connectivity index (χ0v) is 16.7. The molecule has 1 saturated heterocycles. The third-order valence-electron chi connectivity index (χ3n) is 4.94. The number of aromatic nitrogens is 1. The Hall–Kier alpha value is -3.45. The molecule has 0 radical (unpaired) electrons. The Morgan fingerprint density at radius 3 is 2.81 bits per heavy atom. The topological polar surface area (TPSA) is 105 Å². The Bertz CT molecular complexity index is 966. The minimum absolute atomic E-state index is 0.0379. The highest BCUT2D eigenvalue weighted by Crippen LogP contribution is 2.32. The van der Waals surface area contributed by atoms with Crippen molar-refractivity contribution < 1.29 is 32.9 Å². The number of hydrogen-bond acceptors (Lipinski definition) is 7. The van der Waals surface area contributed by atoms with Crippen LogP contribution in [-0.4, -0.2) is 59.9 Å². The van der Waals surface area contributed by atoms with Gasteiger partial charge in [-0.2, -0.15) is 14.0 Å². The first kappa shape index (κ1) is 22.2. The summed E-state index contributed by atoms with van der Waals surface area (Å²) in [5.41, 5.74) is 0.214. The smallest absolute Gasteiger partial charge is 0.387 e. The fourth-order valence-electron chi connectivity index (χ4n) is 3.48. The van der Waals surface area contributed by atoms with E-state index in [9.17, 15) is 23.9 Å². The minimum Gasteiger partial charge on any atom is -0.490 e. The van der Waals surface area contributed by atoms with E-state index in [0.717, 1.165) is 0 Å². The van der Waals surface area contributed by atoms with E-state index in [1.807, 2.05) is 6.07 Å². The Labute approximate surface area is 177 Å². The summed E-state index contributed by atoms with van der Waals surface area (Å²) in [4.78, 5) is 18.6. The molecule has 3 rings (SSSR count). The zero-order chi connectivity index (χ0) is 22.4. The molecule has 1 aromatic carbocycles. The number of nitrogens with zero attached hydrogens (tertiary/aromatic N) is 3. The van der Waals surface area contributed by atoms with E-state index in [1.165, 1.54) is 42.5 Å². The van der Waals surface area contributed by atoms with Gasteiger partial charge in [0.15, 0.2) is 5.75 Å². The van der Waals surface area contributed by atoms with Crippen molar-refractivity contribution in [3.63, 3.8) is 0 Å². The molecule has 1 aliphatic rings. The van der Waals surface area contributed by atoms with E-state index in [1.54, 1.807) is 6.07 Å². The van der Waals surface area contributed by atoms with Crippen LogP contribution in [0.5, 0.6) is 17.4 Å². The second kappa shape index (κ2) is 10.0. The molecule has 164 valence electrons. The summed E-state index contributed by atoms with van der Waals surface area (Å²) in [6.07, 6.45) is 1.83. The van der Waals surface area contributed by atoms with Gasteiger partial charge in [0.25, 0.3) is 11.8 Å². The van der Waals surface area contributed by atoms with Gasteiger partial charge in [0.2, 0.25) is 0 Å². The molecule has 0 spiro atoms. The Balaban J connectivity index is 1.83. The summed E-state index contributed by atoms with van der Waals surface area (Å²) < 4.78 is 41.1. The molecule has 8 nitrogen and oxygen atoms in total. The van der Waals surface area contributed by atoms with Gasteiger partial charge in [0.1, 0.15) is 23.5 Å². The molecule has 2 heterocycles. The van der Waals surface area contributed by atoms with E-state index in [0.29, 0.717) is 12.8 Å². The van der Waals surface area contributed by atoms with Gasteiger partial charge in [-0.25, -0.2) is 4.98 Å². The van der Waals surface area contributed by atoms with Crippen molar-refractivity contribution in [1.82, 2.24) is 9.88 Å². The number of para-hydroxylation sites is 1. The SMILES string of the molecule is COc1c(C#N)ccnc1O[C@@H]1CC[C@@H](CO)N(C(=O)c2ccccc2OC(F)F)C1. The molecule has 1 amide bonds. The summed E-state index contributed by atoms with van der Waals surface area (Å²) in [5, 5.41) is 19.0. The maximum atomic E-state index is 13.1. The number of ether oxygens (including phenoxy) is 3. The number of likely N-dealkylation sites (tertiary alicyclic amines) is 1. The average molecular weight is 433 g/mol. The Kier molecular flexibility index (Phi) is 7.20. The normalized spacial score (nSPS) is 18.4. The van der Waals surface area contributed by atoms with E-state index in [2.05, 4.69) is 9.72 Å². The summed E-state index contributed by atoms with van der Waals surface area (Å²) in [7, 11) is 1.39. The first-order valence-electron chi connectivity index (χ1n) is 9.53. The van der Waals surface area contributed by atoms with Crippen molar-refractivity contribution >= 4 is 5.91 Å². The predicted octanol–water partition coefficient (Wildman–Crippen LogP) is 2.61. The van der Waals surface area contributed by atoms with Gasteiger partial charge in [0.05, 0.1) is 31.9 Å². The fraction of sp³-hybridized carbons (Fsp3) is 0.381. The van der Waals surface area contributed by atoms with Crippen LogP contribution in [0.15, 0.2) is 36.5 Å². The van der Waals surface area contributed by atoms with Gasteiger partial charge < -0.3 is 24.2 Å². The second-order valence-corrected chi connectivity index (χ2v) is 6.79. The van der Waals surface area contributed by atoms with Crippen LogP contribution in [0.4, 0.5) is 8.78 Å². The molecule has 0 aliphatic carbocycles. The number of piperidine rings is 1. The van der Waals surface area contributed by atoms with Gasteiger partial charge in [-0.3, -0.25) is 4.79 Å². The van der Waals surface area contributed by atoms with E-state index in [4.69, 9.17) is 9.47 Å². The molecule has 0 unspecified atom stereocenters. The number of carbonyl (C=O) groups excluding carboxylic acids is 1. The highest BCUT2D eigenvalue weighted by atomic mass is 19.3. The lowest BCUT2D eigenvalue weighted by Gasteiger charge is -2.39. The molecule has 10 heteroatoms. The first-order chi connectivity index (χ1) is 15.0. The van der Waals surface area contributed by atoms with Crippen LogP contribution in [0.2, 0.25) is 0 Å². The number of hydrogen-bond donors (Lipinski definition) is 1. The van der Waals surface area contributed by atoms with Crippen LogP contribution in [0.1, 0.15) is 28.8 Å². The van der Waals surface area contributed by atoms with Gasteiger partial charge >= 0.3 is 6.61 Å². The van der Waals surface area contributed by atoms with Crippen LogP contribution in [0.25, 0.3) is 0 Å². The number of rotatable bonds is 7. The highest BCUT2D eigenvalue weighted by molar-refractivity contribution is 5.97. The van der Waals surface area contributed by atoms with Crippen molar-refractivity contribution in [3.8, 4) is 23.4 Å². The molecular weight excluding hydrogens is 412 g/mol. The number of pyridine rings is 1. The van der Waals surface area contributed by atoms with Crippen LogP contribution in [0, 0.1) is 11.3 Å². The van der Waals surface area contributed by atoms with Gasteiger partial charge in [-0.05, 0) is 31.0 Å². The molecule has 1 fully saturated rings. The molecule has 0 saturated carbocycles. The van der Waals surface area contributed by atoms with Gasteiger partial charge in [-0.1, -0.05) is 12.1 Å². The van der Waals surface area contributed by atoms with Crippen molar-refractivity contribution in [3.05, 3.63) is 47.7 Å². The highest BCUT2D eigenvalue weighted by Gasteiger charge is 2.34. The molecular formula is C21H21F2N3O5. The number of halogens is 2. The number of aliphatic hydroxyl groups excluding tert-OH is 1. The fourth-order valence-corrected chi connectivity index (χ4v) is 3.48. The summed E-state index contributed by atoms with van der Waals surface area (Å²) in [6.45, 7) is -3.29. The molecule has 2 aromatic rings. The first-order valence-corrected chi connectivity index (χ1v) is 9.53. The largest absolute Gasteiger partial charge is 0.490 e. The molecule has 1 N–H and O–H groups in total. The number of benzene rings is 1. The molecule has 2 atom stereocenters. The standard InChI is InChI=1S/C21H21F2N3O5/c1-29-18-13(10-24)8-9-25-19(18)30-15-7-6-14(12-27)26(11-15)20(28)16-4-2-3-5-17(16)31-21(22)23/h2-5,8-9,14-15,21,27H,6-7,11-12H2,1H3/t14-,15+/m0/s1. The van der Waals surface area contributed by atoms with E-state index in [-0.39, 0.29) is 41.7 Å². The quantitative estimate of drug-likeness (QED) is 0.716. The number of aliphatic hydroxyl groups is 1. The summed E-state index contributed by atoms with van der Waals surface area (Å²) >= 11 is 0. The molecule has 1 aliphatic heterocycles. The summed E-state index contributed by atoms with van der Waals surface area (Å²) in [6, 6.07) is 8.68. The lowest BCUT2D eigenvalue weighted by Crippen LogP contribution is -2.51. The second-order valence-electron chi connectivity index (χ2n) is 6.79. The third kappa shape index (κ3) is 5.00. The number of nitriles is 1. The zero-order valence-electron chi connectivity index (χ0n) is 16.7. The molecule has 31 heavy (non-hydrogen) atoms. The monoisotopic (exact) mass is 433 g/mol. The molecule has 1 aromatic heterocycles.